The van der Waals surface area contributed by atoms with Crippen LogP contribution in [0.3, 0.4) is 0 Å². The lowest BCUT2D eigenvalue weighted by atomic mass is 10.1. The van der Waals surface area contributed by atoms with Crippen molar-refractivity contribution in [2.24, 2.45) is 0 Å². The SMILES string of the molecule is CC(C)n1ncc2c(C(=O)N3CCCC3)cc(C3CC3)nc21. The molecule has 0 unspecified atom stereocenters. The van der Waals surface area contributed by atoms with E-state index in [2.05, 4.69) is 18.9 Å². The number of likely N-dealkylation sites (tertiary alicyclic amines) is 1. The molecule has 22 heavy (non-hydrogen) atoms. The van der Waals surface area contributed by atoms with Crippen molar-refractivity contribution in [3.8, 4) is 0 Å². The topological polar surface area (TPSA) is 51.0 Å². The lowest BCUT2D eigenvalue weighted by Gasteiger charge is -2.16. The molecule has 0 N–H and O–H groups in total. The molecule has 1 saturated heterocycles. The third kappa shape index (κ3) is 2.19. The highest BCUT2D eigenvalue weighted by Crippen LogP contribution is 2.40. The molecular formula is C17H22N4O. The van der Waals surface area contributed by atoms with E-state index in [0.29, 0.717) is 5.92 Å². The van der Waals surface area contributed by atoms with Gasteiger partial charge < -0.3 is 4.90 Å². The fourth-order valence-corrected chi connectivity index (χ4v) is 3.27. The molecule has 5 nitrogen and oxygen atoms in total. The van der Waals surface area contributed by atoms with Crippen molar-refractivity contribution < 1.29 is 4.79 Å². The van der Waals surface area contributed by atoms with Gasteiger partial charge in [-0.3, -0.25) is 4.79 Å². The summed E-state index contributed by atoms with van der Waals surface area (Å²) in [5.41, 5.74) is 2.72. The van der Waals surface area contributed by atoms with E-state index in [9.17, 15) is 4.79 Å². The Morgan fingerprint density at radius 1 is 1.27 bits per heavy atom. The van der Waals surface area contributed by atoms with Crippen LogP contribution < -0.4 is 0 Å². The van der Waals surface area contributed by atoms with Crippen molar-refractivity contribution in [3.05, 3.63) is 23.5 Å². The van der Waals surface area contributed by atoms with Crippen molar-refractivity contribution in [3.63, 3.8) is 0 Å². The molecule has 2 aromatic rings. The standard InChI is InChI=1S/C17H22N4O/c1-11(2)21-16-14(10-18-21)13(9-15(19-16)12-5-6-12)17(22)20-7-3-4-8-20/h9-12H,3-8H2,1-2H3. The molecule has 0 spiro atoms. The lowest BCUT2D eigenvalue weighted by molar-refractivity contribution is 0.0794. The summed E-state index contributed by atoms with van der Waals surface area (Å²) in [6.45, 7) is 5.94. The second-order valence-corrected chi connectivity index (χ2v) is 6.79. The lowest BCUT2D eigenvalue weighted by Crippen LogP contribution is -2.28. The van der Waals surface area contributed by atoms with Gasteiger partial charge in [-0.15, -0.1) is 0 Å². The molecule has 0 bridgehead atoms. The van der Waals surface area contributed by atoms with Gasteiger partial charge in [-0.05, 0) is 45.6 Å². The van der Waals surface area contributed by atoms with Crippen LogP contribution in [0.15, 0.2) is 12.3 Å². The number of fused-ring (bicyclic) bond motifs is 1. The third-order valence-electron chi connectivity index (χ3n) is 4.69. The first-order chi connectivity index (χ1) is 10.6. The highest BCUT2D eigenvalue weighted by atomic mass is 16.2. The quantitative estimate of drug-likeness (QED) is 0.874. The number of carbonyl (C=O) groups excluding carboxylic acids is 1. The number of aromatic nitrogens is 3. The van der Waals surface area contributed by atoms with Gasteiger partial charge in [0.25, 0.3) is 5.91 Å². The fourth-order valence-electron chi connectivity index (χ4n) is 3.27. The minimum atomic E-state index is 0.148. The monoisotopic (exact) mass is 298 g/mol. The first kappa shape index (κ1) is 13.7. The zero-order chi connectivity index (χ0) is 15.3. The zero-order valence-corrected chi connectivity index (χ0v) is 13.2. The van der Waals surface area contributed by atoms with Crippen LogP contribution in [0.1, 0.15) is 67.5 Å². The van der Waals surface area contributed by atoms with Crippen LogP contribution in [0.2, 0.25) is 0 Å². The van der Waals surface area contributed by atoms with Crippen molar-refractivity contribution in [2.75, 3.05) is 13.1 Å². The van der Waals surface area contributed by atoms with Crippen LogP contribution >= 0.6 is 0 Å². The Kier molecular flexibility index (Phi) is 3.17. The molecule has 1 aliphatic heterocycles. The summed E-state index contributed by atoms with van der Waals surface area (Å²) in [5.74, 6) is 0.681. The smallest absolute Gasteiger partial charge is 0.254 e. The van der Waals surface area contributed by atoms with E-state index < -0.39 is 0 Å². The van der Waals surface area contributed by atoms with E-state index >= 15 is 0 Å². The molecule has 5 heteroatoms. The molecule has 116 valence electrons. The molecule has 4 rings (SSSR count). The predicted molar refractivity (Wildman–Crippen MR) is 85.0 cm³/mol. The minimum Gasteiger partial charge on any atom is -0.339 e. The van der Waals surface area contributed by atoms with Gasteiger partial charge in [0.2, 0.25) is 0 Å². The van der Waals surface area contributed by atoms with Gasteiger partial charge in [-0.1, -0.05) is 0 Å². The summed E-state index contributed by atoms with van der Waals surface area (Å²) < 4.78 is 1.93. The van der Waals surface area contributed by atoms with E-state index in [1.807, 2.05) is 21.8 Å². The van der Waals surface area contributed by atoms with Crippen LogP contribution in [0.4, 0.5) is 0 Å². The summed E-state index contributed by atoms with van der Waals surface area (Å²) in [6, 6.07) is 2.27. The van der Waals surface area contributed by atoms with Gasteiger partial charge in [-0.25, -0.2) is 9.67 Å². The third-order valence-corrected chi connectivity index (χ3v) is 4.69. The van der Waals surface area contributed by atoms with Crippen LogP contribution in [-0.2, 0) is 0 Å². The molecule has 2 fully saturated rings. The molecule has 1 saturated carbocycles. The maximum Gasteiger partial charge on any atom is 0.254 e. The molecule has 2 aliphatic rings. The molecule has 1 amide bonds. The van der Waals surface area contributed by atoms with Crippen LogP contribution in [0, 0.1) is 0 Å². The number of nitrogens with zero attached hydrogens (tertiary/aromatic N) is 4. The maximum absolute atomic E-state index is 12.9. The zero-order valence-electron chi connectivity index (χ0n) is 13.2. The Balaban J connectivity index is 1.86. The average molecular weight is 298 g/mol. The minimum absolute atomic E-state index is 0.148. The van der Waals surface area contributed by atoms with Gasteiger partial charge in [0.05, 0.1) is 17.1 Å². The first-order valence-corrected chi connectivity index (χ1v) is 8.32. The van der Waals surface area contributed by atoms with Crippen LogP contribution in [0.25, 0.3) is 11.0 Å². The molecule has 1 aliphatic carbocycles. The Hall–Kier alpha value is -1.91. The Bertz CT molecular complexity index is 724. The molecular weight excluding hydrogens is 276 g/mol. The summed E-state index contributed by atoms with van der Waals surface area (Å²) in [5, 5.41) is 5.37. The van der Waals surface area contributed by atoms with Crippen molar-refractivity contribution in [1.29, 1.82) is 0 Å². The van der Waals surface area contributed by atoms with Gasteiger partial charge in [0.15, 0.2) is 5.65 Å². The number of hydrogen-bond donors (Lipinski definition) is 0. The Labute approximate surface area is 130 Å². The van der Waals surface area contributed by atoms with Crippen molar-refractivity contribution in [1.82, 2.24) is 19.7 Å². The van der Waals surface area contributed by atoms with Crippen molar-refractivity contribution >= 4 is 16.9 Å². The van der Waals surface area contributed by atoms with Gasteiger partial charge >= 0.3 is 0 Å². The summed E-state index contributed by atoms with van der Waals surface area (Å²) in [4.78, 5) is 19.7. The van der Waals surface area contributed by atoms with E-state index in [-0.39, 0.29) is 11.9 Å². The molecule has 3 heterocycles. The highest BCUT2D eigenvalue weighted by molar-refractivity contribution is 6.05. The highest BCUT2D eigenvalue weighted by Gasteiger charge is 2.29. The van der Waals surface area contributed by atoms with E-state index in [1.54, 1.807) is 0 Å². The largest absolute Gasteiger partial charge is 0.339 e. The molecule has 0 aromatic carbocycles. The van der Waals surface area contributed by atoms with E-state index in [4.69, 9.17) is 4.98 Å². The van der Waals surface area contributed by atoms with Gasteiger partial charge in [-0.2, -0.15) is 5.10 Å². The maximum atomic E-state index is 12.9. The van der Waals surface area contributed by atoms with Gasteiger partial charge in [0.1, 0.15) is 0 Å². The number of pyridine rings is 1. The Morgan fingerprint density at radius 3 is 2.64 bits per heavy atom. The van der Waals surface area contributed by atoms with Crippen LogP contribution in [-0.4, -0.2) is 38.7 Å². The number of hydrogen-bond acceptors (Lipinski definition) is 3. The fraction of sp³-hybridized carbons (Fsp3) is 0.588. The Morgan fingerprint density at radius 2 is 2.00 bits per heavy atom. The normalized spacial score (nSPS) is 18.6. The number of amides is 1. The second kappa shape index (κ2) is 5.07. The van der Waals surface area contributed by atoms with E-state index in [0.717, 1.165) is 48.2 Å². The average Bonchev–Trinajstić information content (AvgIpc) is 3.04. The summed E-state index contributed by atoms with van der Waals surface area (Å²) >= 11 is 0. The predicted octanol–water partition coefficient (Wildman–Crippen LogP) is 3.13. The first-order valence-electron chi connectivity index (χ1n) is 8.32. The molecule has 0 atom stereocenters. The van der Waals surface area contributed by atoms with E-state index in [1.165, 1.54) is 12.8 Å². The van der Waals surface area contributed by atoms with Crippen LogP contribution in [0.5, 0.6) is 0 Å². The van der Waals surface area contributed by atoms with Gasteiger partial charge in [0, 0.05) is 30.7 Å². The second-order valence-electron chi connectivity index (χ2n) is 6.79. The number of carbonyl (C=O) groups is 1. The summed E-state index contributed by atoms with van der Waals surface area (Å²) in [6.07, 6.45) is 6.40. The summed E-state index contributed by atoms with van der Waals surface area (Å²) in [7, 11) is 0. The molecule has 2 aromatic heterocycles. The van der Waals surface area contributed by atoms with Crippen molar-refractivity contribution in [2.45, 2.75) is 51.5 Å². The molecule has 0 radical (unpaired) electrons. The number of rotatable bonds is 3.